The smallest absolute Gasteiger partial charge is 0.310 e. The summed E-state index contributed by atoms with van der Waals surface area (Å²) in [5.41, 5.74) is 0. The first kappa shape index (κ1) is 24.4. The van der Waals surface area contributed by atoms with Crippen LogP contribution < -0.4 is 5.32 Å². The van der Waals surface area contributed by atoms with Gasteiger partial charge in [-0.15, -0.1) is 24.0 Å². The summed E-state index contributed by atoms with van der Waals surface area (Å²) in [6.45, 7) is 16.0. The molecular weight excluding hydrogens is 457 g/mol. The monoisotopic (exact) mass is 495 g/mol. The van der Waals surface area contributed by atoms with Gasteiger partial charge >= 0.3 is 5.97 Å². The number of rotatable bonds is 6. The van der Waals surface area contributed by atoms with Gasteiger partial charge in [0.2, 0.25) is 0 Å². The van der Waals surface area contributed by atoms with Crippen LogP contribution in [0.5, 0.6) is 0 Å². The molecule has 2 rings (SSSR count). The topological polar surface area (TPSA) is 60.4 Å². The van der Waals surface area contributed by atoms with Gasteiger partial charge in [0.25, 0.3) is 0 Å². The second-order valence-electron chi connectivity index (χ2n) is 7.78. The second kappa shape index (κ2) is 12.1. The zero-order chi connectivity index (χ0) is 19.1. The van der Waals surface area contributed by atoms with Crippen molar-refractivity contribution in [3.63, 3.8) is 0 Å². The molecule has 1 N–H and O–H groups in total. The fraction of sp³-hybridized carbons (Fsp3) is 0.895. The largest absolute Gasteiger partial charge is 0.469 e. The van der Waals surface area contributed by atoms with Crippen LogP contribution in [0.1, 0.15) is 20.8 Å². The molecule has 0 radical (unpaired) electrons. The van der Waals surface area contributed by atoms with E-state index in [0.29, 0.717) is 12.5 Å². The Balaban J connectivity index is 0.00000364. The van der Waals surface area contributed by atoms with E-state index in [4.69, 9.17) is 4.74 Å². The molecule has 0 spiro atoms. The van der Waals surface area contributed by atoms with E-state index in [2.05, 4.69) is 45.8 Å². The molecular formula is C19H38IN5O2. The van der Waals surface area contributed by atoms with E-state index in [1.807, 2.05) is 7.05 Å². The molecule has 158 valence electrons. The highest BCUT2D eigenvalue weighted by molar-refractivity contribution is 14.0. The van der Waals surface area contributed by atoms with Crippen LogP contribution in [0.3, 0.4) is 0 Å². The molecule has 3 unspecified atom stereocenters. The fourth-order valence-corrected chi connectivity index (χ4v) is 3.99. The summed E-state index contributed by atoms with van der Waals surface area (Å²) in [4.78, 5) is 23.6. The number of piperazine rings is 1. The van der Waals surface area contributed by atoms with Crippen LogP contribution in [0.25, 0.3) is 0 Å². The Labute approximate surface area is 181 Å². The molecule has 8 heteroatoms. The number of halogens is 1. The van der Waals surface area contributed by atoms with E-state index >= 15 is 0 Å². The summed E-state index contributed by atoms with van der Waals surface area (Å²) in [7, 11) is 3.28. The lowest BCUT2D eigenvalue weighted by atomic mass is 9.99. The molecule has 2 saturated heterocycles. The Morgan fingerprint density at radius 2 is 1.85 bits per heavy atom. The predicted octanol–water partition coefficient (Wildman–Crippen LogP) is 1.19. The number of nitrogens with zero attached hydrogens (tertiary/aromatic N) is 4. The normalized spacial score (nSPS) is 25.8. The minimum absolute atomic E-state index is 0. The van der Waals surface area contributed by atoms with E-state index in [-0.39, 0.29) is 41.8 Å². The molecule has 0 aromatic heterocycles. The molecule has 0 aliphatic carbocycles. The Morgan fingerprint density at radius 1 is 1.22 bits per heavy atom. The number of aliphatic imine (C=N–C) groups is 1. The van der Waals surface area contributed by atoms with Crippen molar-refractivity contribution in [3.8, 4) is 0 Å². The maximum Gasteiger partial charge on any atom is 0.310 e. The number of guanidine groups is 1. The molecule has 0 saturated carbocycles. The zero-order valence-corrected chi connectivity index (χ0v) is 19.9. The van der Waals surface area contributed by atoms with Gasteiger partial charge in [-0.25, -0.2) is 0 Å². The van der Waals surface area contributed by atoms with Gasteiger partial charge in [0.1, 0.15) is 0 Å². The number of nitrogens with one attached hydrogen (secondary N) is 1. The third-order valence-electron chi connectivity index (χ3n) is 5.72. The van der Waals surface area contributed by atoms with Crippen molar-refractivity contribution in [2.45, 2.75) is 20.8 Å². The number of carbonyl (C=O) groups excluding carboxylic acids is 1. The summed E-state index contributed by atoms with van der Waals surface area (Å²) in [6, 6.07) is 0. The first-order valence-electron chi connectivity index (χ1n) is 9.96. The number of hydrogen-bond donors (Lipinski definition) is 1. The zero-order valence-electron chi connectivity index (χ0n) is 17.6. The average molecular weight is 495 g/mol. The van der Waals surface area contributed by atoms with Crippen molar-refractivity contribution in [3.05, 3.63) is 0 Å². The molecule has 0 aromatic rings. The number of ether oxygens (including phenoxy) is 1. The van der Waals surface area contributed by atoms with Crippen molar-refractivity contribution in [2.24, 2.45) is 22.7 Å². The highest BCUT2D eigenvalue weighted by Gasteiger charge is 2.36. The molecule has 2 aliphatic heterocycles. The van der Waals surface area contributed by atoms with Gasteiger partial charge in [0.05, 0.1) is 13.0 Å². The third kappa shape index (κ3) is 7.05. The molecule has 0 bridgehead atoms. The van der Waals surface area contributed by atoms with Crippen molar-refractivity contribution in [1.29, 1.82) is 0 Å². The summed E-state index contributed by atoms with van der Waals surface area (Å²) in [6.07, 6.45) is 0. The molecule has 2 aliphatic rings. The van der Waals surface area contributed by atoms with E-state index in [1.165, 1.54) is 20.2 Å². The van der Waals surface area contributed by atoms with Gasteiger partial charge in [-0.3, -0.25) is 9.79 Å². The van der Waals surface area contributed by atoms with Crippen molar-refractivity contribution < 1.29 is 9.53 Å². The quantitative estimate of drug-likeness (QED) is 0.259. The minimum atomic E-state index is -0.116. The Morgan fingerprint density at radius 3 is 2.41 bits per heavy atom. The van der Waals surface area contributed by atoms with E-state index in [1.54, 1.807) is 0 Å². The first-order valence-corrected chi connectivity index (χ1v) is 9.96. The lowest BCUT2D eigenvalue weighted by Crippen LogP contribution is -2.49. The number of methoxy groups -OCH3 is 1. The highest BCUT2D eigenvalue weighted by atomic mass is 127. The number of likely N-dealkylation sites (tertiary alicyclic amines) is 1. The summed E-state index contributed by atoms with van der Waals surface area (Å²) >= 11 is 0. The number of esters is 1. The summed E-state index contributed by atoms with van der Waals surface area (Å²) in [5, 5.41) is 3.51. The molecule has 27 heavy (non-hydrogen) atoms. The van der Waals surface area contributed by atoms with Gasteiger partial charge in [0, 0.05) is 59.4 Å². The average Bonchev–Trinajstić information content (AvgIpc) is 3.03. The molecule has 2 heterocycles. The number of carbonyl (C=O) groups is 1. The van der Waals surface area contributed by atoms with Crippen molar-refractivity contribution >= 4 is 35.9 Å². The van der Waals surface area contributed by atoms with Gasteiger partial charge < -0.3 is 24.8 Å². The maximum absolute atomic E-state index is 11.9. The van der Waals surface area contributed by atoms with E-state index in [0.717, 1.165) is 45.2 Å². The van der Waals surface area contributed by atoms with Crippen LogP contribution in [0, 0.1) is 17.8 Å². The molecule has 0 aromatic carbocycles. The number of hydrogen-bond acceptors (Lipinski definition) is 5. The highest BCUT2D eigenvalue weighted by Crippen LogP contribution is 2.24. The lowest BCUT2D eigenvalue weighted by Gasteiger charge is -2.35. The molecule has 3 atom stereocenters. The molecule has 7 nitrogen and oxygen atoms in total. The van der Waals surface area contributed by atoms with Gasteiger partial charge in [0.15, 0.2) is 5.96 Å². The van der Waals surface area contributed by atoms with Crippen LogP contribution in [0.4, 0.5) is 0 Å². The molecule has 2 fully saturated rings. The SMILES string of the molecule is CCN1CCN(CC(C)CNC(=NC)N2CC(C)C(C(=O)OC)C2)CC1.I. The van der Waals surface area contributed by atoms with E-state index in [9.17, 15) is 4.79 Å². The van der Waals surface area contributed by atoms with Crippen LogP contribution in [-0.2, 0) is 9.53 Å². The number of likely N-dealkylation sites (N-methyl/N-ethyl adjacent to an activating group) is 1. The lowest BCUT2D eigenvalue weighted by molar-refractivity contribution is -0.145. The van der Waals surface area contributed by atoms with Crippen molar-refractivity contribution in [2.75, 3.05) is 73.1 Å². The van der Waals surface area contributed by atoms with Gasteiger partial charge in [-0.2, -0.15) is 0 Å². The van der Waals surface area contributed by atoms with E-state index < -0.39 is 0 Å². The fourth-order valence-electron chi connectivity index (χ4n) is 3.99. The summed E-state index contributed by atoms with van der Waals surface area (Å²) < 4.78 is 4.93. The third-order valence-corrected chi connectivity index (χ3v) is 5.72. The van der Waals surface area contributed by atoms with Gasteiger partial charge in [-0.1, -0.05) is 20.8 Å². The maximum atomic E-state index is 11.9. The van der Waals surface area contributed by atoms with Crippen LogP contribution in [0.15, 0.2) is 4.99 Å². The van der Waals surface area contributed by atoms with Crippen molar-refractivity contribution in [1.82, 2.24) is 20.0 Å². The minimum Gasteiger partial charge on any atom is -0.469 e. The van der Waals surface area contributed by atoms with Crippen LogP contribution >= 0.6 is 24.0 Å². The Kier molecular flexibility index (Phi) is 10.9. The Bertz CT molecular complexity index is 483. The van der Waals surface area contributed by atoms with Gasteiger partial charge in [-0.05, 0) is 18.4 Å². The van der Waals surface area contributed by atoms with Crippen LogP contribution in [-0.4, -0.2) is 99.7 Å². The van der Waals surface area contributed by atoms with Crippen LogP contribution in [0.2, 0.25) is 0 Å². The molecule has 0 amide bonds. The predicted molar refractivity (Wildman–Crippen MR) is 121 cm³/mol. The first-order chi connectivity index (χ1) is 12.5. The summed E-state index contributed by atoms with van der Waals surface area (Å²) in [5.74, 6) is 1.55. The standard InChI is InChI=1S/C19H37N5O2.HI/c1-6-22-7-9-23(10-8-22)12-15(2)11-21-19(20-4)24-13-16(3)17(14-24)18(25)26-5;/h15-17H,6-14H2,1-5H3,(H,20,21);1H. The second-order valence-corrected chi connectivity index (χ2v) is 7.78. The Hall–Kier alpha value is -0.610.